The van der Waals surface area contributed by atoms with E-state index in [0.29, 0.717) is 10.7 Å². The van der Waals surface area contributed by atoms with E-state index in [1.54, 1.807) is 12.1 Å². The molecule has 0 radical (unpaired) electrons. The summed E-state index contributed by atoms with van der Waals surface area (Å²) in [5, 5.41) is 5.39. The first-order chi connectivity index (χ1) is 10.2. The lowest BCUT2D eigenvalue weighted by molar-refractivity contribution is 0.102. The van der Waals surface area contributed by atoms with Gasteiger partial charge in [0.2, 0.25) is 0 Å². The van der Waals surface area contributed by atoms with Crippen molar-refractivity contribution in [1.29, 1.82) is 0 Å². The first kappa shape index (κ1) is 13.5. The standard InChI is InChI=1S/C17H14N2OS/c1-12-7-9-13(10-8-12)15-11-21-17(18-15)19-16(20)14-5-3-2-4-6-14/h2-11H,1H3,(H,18,19,20). The van der Waals surface area contributed by atoms with E-state index < -0.39 is 0 Å². The van der Waals surface area contributed by atoms with Crippen LogP contribution >= 0.6 is 11.3 Å². The van der Waals surface area contributed by atoms with Crippen molar-refractivity contribution in [3.05, 3.63) is 71.1 Å². The molecule has 4 heteroatoms. The van der Waals surface area contributed by atoms with Gasteiger partial charge >= 0.3 is 0 Å². The maximum absolute atomic E-state index is 12.1. The monoisotopic (exact) mass is 294 g/mol. The van der Waals surface area contributed by atoms with Crippen molar-refractivity contribution in [3.8, 4) is 11.3 Å². The molecule has 1 aromatic heterocycles. The van der Waals surface area contributed by atoms with Gasteiger partial charge in [0, 0.05) is 16.5 Å². The number of aromatic nitrogens is 1. The largest absolute Gasteiger partial charge is 0.298 e. The third kappa shape index (κ3) is 3.17. The molecule has 3 aromatic rings. The summed E-state index contributed by atoms with van der Waals surface area (Å²) in [5.74, 6) is -0.139. The number of hydrogen-bond acceptors (Lipinski definition) is 3. The zero-order valence-electron chi connectivity index (χ0n) is 11.5. The van der Waals surface area contributed by atoms with Crippen molar-refractivity contribution in [3.63, 3.8) is 0 Å². The highest BCUT2D eigenvalue weighted by atomic mass is 32.1. The summed E-state index contributed by atoms with van der Waals surface area (Å²) in [4.78, 5) is 16.5. The molecule has 3 rings (SSSR count). The van der Waals surface area contributed by atoms with Crippen LogP contribution in [0.15, 0.2) is 60.0 Å². The van der Waals surface area contributed by atoms with Crippen LogP contribution in [0.3, 0.4) is 0 Å². The first-order valence-corrected chi connectivity index (χ1v) is 7.49. The SMILES string of the molecule is Cc1ccc(-c2csc(NC(=O)c3ccccc3)n2)cc1. The molecular formula is C17H14N2OS. The fourth-order valence-corrected chi connectivity index (χ4v) is 2.66. The Kier molecular flexibility index (Phi) is 3.79. The fraction of sp³-hybridized carbons (Fsp3) is 0.0588. The number of amides is 1. The summed E-state index contributed by atoms with van der Waals surface area (Å²) < 4.78 is 0. The van der Waals surface area contributed by atoms with Gasteiger partial charge < -0.3 is 0 Å². The van der Waals surface area contributed by atoms with Crippen LogP contribution in [0.25, 0.3) is 11.3 Å². The molecule has 3 nitrogen and oxygen atoms in total. The van der Waals surface area contributed by atoms with Crippen LogP contribution in [0.5, 0.6) is 0 Å². The van der Waals surface area contributed by atoms with Gasteiger partial charge in [-0.1, -0.05) is 48.0 Å². The minimum atomic E-state index is -0.139. The van der Waals surface area contributed by atoms with E-state index >= 15 is 0 Å². The van der Waals surface area contributed by atoms with Crippen molar-refractivity contribution in [2.75, 3.05) is 5.32 Å². The Labute approximate surface area is 127 Å². The van der Waals surface area contributed by atoms with Crippen LogP contribution in [0.4, 0.5) is 5.13 Å². The Morgan fingerprint density at radius 2 is 1.76 bits per heavy atom. The summed E-state index contributed by atoms with van der Waals surface area (Å²) in [6.45, 7) is 2.05. The molecule has 1 heterocycles. The van der Waals surface area contributed by atoms with E-state index in [1.807, 2.05) is 35.7 Å². The number of benzene rings is 2. The smallest absolute Gasteiger partial charge is 0.257 e. The van der Waals surface area contributed by atoms with Crippen LogP contribution in [0.1, 0.15) is 15.9 Å². The molecule has 1 amide bonds. The average molecular weight is 294 g/mol. The van der Waals surface area contributed by atoms with Crippen molar-refractivity contribution >= 4 is 22.4 Å². The molecule has 21 heavy (non-hydrogen) atoms. The van der Waals surface area contributed by atoms with Gasteiger partial charge in [-0.25, -0.2) is 4.98 Å². The second-order valence-electron chi connectivity index (χ2n) is 4.72. The highest BCUT2D eigenvalue weighted by Gasteiger charge is 2.09. The predicted molar refractivity (Wildman–Crippen MR) is 86.7 cm³/mol. The van der Waals surface area contributed by atoms with Crippen molar-refractivity contribution < 1.29 is 4.79 Å². The molecule has 0 bridgehead atoms. The second-order valence-corrected chi connectivity index (χ2v) is 5.58. The number of anilines is 1. The van der Waals surface area contributed by atoms with Gasteiger partial charge in [0.25, 0.3) is 5.91 Å². The lowest BCUT2D eigenvalue weighted by atomic mass is 10.1. The van der Waals surface area contributed by atoms with Crippen molar-refractivity contribution in [2.24, 2.45) is 0 Å². The molecule has 0 spiro atoms. The first-order valence-electron chi connectivity index (χ1n) is 6.61. The van der Waals surface area contributed by atoms with Crippen LogP contribution in [0.2, 0.25) is 0 Å². The van der Waals surface area contributed by atoms with Gasteiger partial charge in [0.1, 0.15) is 0 Å². The number of aryl methyl sites for hydroxylation is 1. The summed E-state index contributed by atoms with van der Waals surface area (Å²) in [7, 11) is 0. The van der Waals surface area contributed by atoms with Crippen molar-refractivity contribution in [2.45, 2.75) is 6.92 Å². The van der Waals surface area contributed by atoms with E-state index in [1.165, 1.54) is 16.9 Å². The highest BCUT2D eigenvalue weighted by Crippen LogP contribution is 2.25. The summed E-state index contributed by atoms with van der Waals surface area (Å²) in [5.41, 5.74) is 3.77. The molecular weight excluding hydrogens is 280 g/mol. The Bertz CT molecular complexity index is 748. The molecule has 1 N–H and O–H groups in total. The van der Waals surface area contributed by atoms with E-state index in [0.717, 1.165) is 11.3 Å². The second kappa shape index (κ2) is 5.89. The van der Waals surface area contributed by atoms with Gasteiger partial charge in [-0.3, -0.25) is 10.1 Å². The number of carbonyl (C=O) groups excluding carboxylic acids is 1. The minimum absolute atomic E-state index is 0.139. The van der Waals surface area contributed by atoms with Crippen LogP contribution in [-0.2, 0) is 0 Å². The molecule has 2 aromatic carbocycles. The number of nitrogens with one attached hydrogen (secondary N) is 1. The fourth-order valence-electron chi connectivity index (χ4n) is 1.95. The third-order valence-electron chi connectivity index (χ3n) is 3.11. The molecule has 0 saturated carbocycles. The zero-order chi connectivity index (χ0) is 14.7. The third-order valence-corrected chi connectivity index (χ3v) is 3.87. The molecule has 0 atom stereocenters. The van der Waals surface area contributed by atoms with E-state index in [-0.39, 0.29) is 5.91 Å². The van der Waals surface area contributed by atoms with Gasteiger partial charge in [0.05, 0.1) is 5.69 Å². The summed E-state index contributed by atoms with van der Waals surface area (Å²) in [6, 6.07) is 17.3. The molecule has 0 fully saturated rings. The molecule has 0 unspecified atom stereocenters. The average Bonchev–Trinajstić information content (AvgIpc) is 2.97. The maximum Gasteiger partial charge on any atom is 0.257 e. The van der Waals surface area contributed by atoms with Gasteiger partial charge in [-0.15, -0.1) is 11.3 Å². The number of rotatable bonds is 3. The Balaban J connectivity index is 1.76. The van der Waals surface area contributed by atoms with Gasteiger partial charge in [-0.05, 0) is 19.1 Å². The molecule has 0 saturated heterocycles. The Morgan fingerprint density at radius 3 is 2.48 bits per heavy atom. The molecule has 0 aliphatic rings. The topological polar surface area (TPSA) is 42.0 Å². The number of carbonyl (C=O) groups is 1. The van der Waals surface area contributed by atoms with E-state index in [4.69, 9.17) is 0 Å². The Hall–Kier alpha value is -2.46. The van der Waals surface area contributed by atoms with E-state index in [2.05, 4.69) is 29.4 Å². The summed E-state index contributed by atoms with van der Waals surface area (Å²) >= 11 is 1.43. The van der Waals surface area contributed by atoms with Crippen LogP contribution in [0, 0.1) is 6.92 Å². The Morgan fingerprint density at radius 1 is 1.05 bits per heavy atom. The maximum atomic E-state index is 12.1. The normalized spacial score (nSPS) is 10.3. The highest BCUT2D eigenvalue weighted by molar-refractivity contribution is 7.14. The zero-order valence-corrected chi connectivity index (χ0v) is 12.4. The van der Waals surface area contributed by atoms with Crippen molar-refractivity contribution in [1.82, 2.24) is 4.98 Å². The lowest BCUT2D eigenvalue weighted by Crippen LogP contribution is -2.11. The predicted octanol–water partition coefficient (Wildman–Crippen LogP) is 4.37. The number of hydrogen-bond donors (Lipinski definition) is 1. The van der Waals surface area contributed by atoms with Crippen LogP contribution < -0.4 is 5.32 Å². The minimum Gasteiger partial charge on any atom is -0.298 e. The number of thiazole rings is 1. The molecule has 0 aliphatic carbocycles. The lowest BCUT2D eigenvalue weighted by Gasteiger charge is -2.01. The summed E-state index contributed by atoms with van der Waals surface area (Å²) in [6.07, 6.45) is 0. The molecule has 0 aliphatic heterocycles. The molecule has 104 valence electrons. The van der Waals surface area contributed by atoms with Crippen LogP contribution in [-0.4, -0.2) is 10.9 Å². The van der Waals surface area contributed by atoms with Gasteiger partial charge in [0.15, 0.2) is 5.13 Å². The number of nitrogens with zero attached hydrogens (tertiary/aromatic N) is 1. The van der Waals surface area contributed by atoms with E-state index in [9.17, 15) is 4.79 Å². The quantitative estimate of drug-likeness (QED) is 0.779. The van der Waals surface area contributed by atoms with Gasteiger partial charge in [-0.2, -0.15) is 0 Å².